The van der Waals surface area contributed by atoms with Crippen LogP contribution < -0.4 is 5.73 Å². The number of aryl methyl sites for hydroxylation is 1. The van der Waals surface area contributed by atoms with Gasteiger partial charge < -0.3 is 10.6 Å². The number of likely N-dealkylation sites (N-methyl/N-ethyl adjacent to an activating group) is 1. The molecule has 0 spiro atoms. The largest absolute Gasteiger partial charge is 0.344 e. The minimum atomic E-state index is -0.612. The molecule has 0 fully saturated rings. The first-order chi connectivity index (χ1) is 10.1. The number of halogens is 1. The summed E-state index contributed by atoms with van der Waals surface area (Å²) in [5, 5.41) is 0. The van der Waals surface area contributed by atoms with Crippen LogP contribution in [0.3, 0.4) is 0 Å². The third-order valence-electron chi connectivity index (χ3n) is 3.51. The van der Waals surface area contributed by atoms with Crippen molar-refractivity contribution in [3.05, 3.63) is 65.5 Å². The third kappa shape index (κ3) is 4.83. The molecule has 2 N–H and O–H groups in total. The molecule has 0 aliphatic heterocycles. The molecule has 0 aliphatic carbocycles. The molecule has 4 nitrogen and oxygen atoms in total. The highest BCUT2D eigenvalue weighted by Crippen LogP contribution is 2.14. The lowest BCUT2D eigenvalue weighted by Gasteiger charge is -2.21. The van der Waals surface area contributed by atoms with E-state index in [0.29, 0.717) is 6.54 Å². The van der Waals surface area contributed by atoms with E-state index in [1.807, 2.05) is 49.4 Å². The Morgan fingerprint density at radius 3 is 2.50 bits per heavy atom. The van der Waals surface area contributed by atoms with Crippen LogP contribution in [0.15, 0.2) is 48.7 Å². The fourth-order valence-corrected chi connectivity index (χ4v) is 2.09. The van der Waals surface area contributed by atoms with Gasteiger partial charge in [0, 0.05) is 31.9 Å². The predicted octanol–water partition coefficient (Wildman–Crippen LogP) is 2.51. The van der Waals surface area contributed by atoms with Gasteiger partial charge in [-0.3, -0.25) is 9.78 Å². The number of aromatic nitrogens is 1. The predicted molar refractivity (Wildman–Crippen MR) is 90.9 cm³/mol. The van der Waals surface area contributed by atoms with Crippen LogP contribution in [0.25, 0.3) is 0 Å². The first kappa shape index (κ1) is 18.1. The molecule has 2 rings (SSSR count). The van der Waals surface area contributed by atoms with Gasteiger partial charge in [0.2, 0.25) is 5.91 Å². The van der Waals surface area contributed by atoms with Crippen LogP contribution in [0.5, 0.6) is 0 Å². The molecule has 0 radical (unpaired) electrons. The lowest BCUT2D eigenvalue weighted by atomic mass is 10.0. The number of carbonyl (C=O) groups is 1. The number of hydrogen-bond donors (Lipinski definition) is 1. The van der Waals surface area contributed by atoms with Crippen LogP contribution in [0.4, 0.5) is 0 Å². The van der Waals surface area contributed by atoms with Crippen molar-refractivity contribution in [3.8, 4) is 0 Å². The molecule has 1 atom stereocenters. The van der Waals surface area contributed by atoms with E-state index >= 15 is 0 Å². The second kappa shape index (κ2) is 8.51. The van der Waals surface area contributed by atoms with Gasteiger partial charge in [0.25, 0.3) is 0 Å². The van der Waals surface area contributed by atoms with Gasteiger partial charge in [-0.15, -0.1) is 12.4 Å². The zero-order valence-electron chi connectivity index (χ0n) is 12.9. The van der Waals surface area contributed by atoms with E-state index in [2.05, 4.69) is 4.98 Å². The van der Waals surface area contributed by atoms with Gasteiger partial charge in [-0.05, 0) is 24.6 Å². The Labute approximate surface area is 137 Å². The Hall–Kier alpha value is -1.91. The lowest BCUT2D eigenvalue weighted by Crippen LogP contribution is -2.37. The van der Waals surface area contributed by atoms with Gasteiger partial charge in [-0.1, -0.05) is 35.9 Å². The first-order valence-electron chi connectivity index (χ1n) is 7.05. The number of carbonyl (C=O) groups excluding carboxylic acids is 1. The van der Waals surface area contributed by atoms with Gasteiger partial charge in [0.15, 0.2) is 0 Å². The summed E-state index contributed by atoms with van der Waals surface area (Å²) in [7, 11) is 1.78. The standard InChI is InChI=1S/C17H21N3O.ClH/c1-13-6-8-14(9-7-13)16(18)17(21)20(2)12-10-15-5-3-4-11-19-15;/h3-9,11,16H,10,12,18H2,1-2H3;1H. The summed E-state index contributed by atoms with van der Waals surface area (Å²) in [5.74, 6) is -0.0743. The number of benzene rings is 1. The molecule has 0 aliphatic rings. The van der Waals surface area contributed by atoms with E-state index in [1.165, 1.54) is 0 Å². The number of nitrogens with zero attached hydrogens (tertiary/aromatic N) is 2. The van der Waals surface area contributed by atoms with Gasteiger partial charge in [-0.25, -0.2) is 0 Å². The van der Waals surface area contributed by atoms with Gasteiger partial charge in [0.1, 0.15) is 6.04 Å². The average molecular weight is 320 g/mol. The highest BCUT2D eigenvalue weighted by molar-refractivity contribution is 5.85. The monoisotopic (exact) mass is 319 g/mol. The Kier molecular flexibility index (Phi) is 7.02. The van der Waals surface area contributed by atoms with Crippen molar-refractivity contribution in [3.63, 3.8) is 0 Å². The molecule has 0 bridgehead atoms. The minimum absolute atomic E-state index is 0. The van der Waals surface area contributed by atoms with Crippen molar-refractivity contribution in [2.24, 2.45) is 5.73 Å². The minimum Gasteiger partial charge on any atom is -0.344 e. The molecule has 2 aromatic rings. The molecular weight excluding hydrogens is 298 g/mol. The molecule has 1 unspecified atom stereocenters. The first-order valence-corrected chi connectivity index (χ1v) is 7.05. The highest BCUT2D eigenvalue weighted by Gasteiger charge is 2.19. The molecule has 118 valence electrons. The van der Waals surface area contributed by atoms with Crippen LogP contribution in [0.1, 0.15) is 22.9 Å². The van der Waals surface area contributed by atoms with Crippen LogP contribution in [-0.4, -0.2) is 29.4 Å². The van der Waals surface area contributed by atoms with Crippen molar-refractivity contribution in [2.45, 2.75) is 19.4 Å². The summed E-state index contributed by atoms with van der Waals surface area (Å²) in [6.07, 6.45) is 2.49. The molecule has 1 heterocycles. The van der Waals surface area contributed by atoms with Crippen LogP contribution in [0, 0.1) is 6.92 Å². The maximum absolute atomic E-state index is 12.3. The Morgan fingerprint density at radius 2 is 1.91 bits per heavy atom. The maximum Gasteiger partial charge on any atom is 0.243 e. The average Bonchev–Trinajstić information content (AvgIpc) is 2.53. The van der Waals surface area contributed by atoms with Crippen LogP contribution in [0.2, 0.25) is 0 Å². The summed E-state index contributed by atoms with van der Waals surface area (Å²) in [5.41, 5.74) is 9.02. The smallest absolute Gasteiger partial charge is 0.243 e. The quantitative estimate of drug-likeness (QED) is 0.921. The van der Waals surface area contributed by atoms with Crippen molar-refractivity contribution in [1.29, 1.82) is 0 Å². The molecule has 0 saturated carbocycles. The molecular formula is C17H22ClN3O. The Morgan fingerprint density at radius 1 is 1.23 bits per heavy atom. The molecule has 5 heteroatoms. The topological polar surface area (TPSA) is 59.2 Å². The number of hydrogen-bond acceptors (Lipinski definition) is 3. The summed E-state index contributed by atoms with van der Waals surface area (Å²) in [6, 6.07) is 12.9. The van der Waals surface area contributed by atoms with Gasteiger partial charge >= 0.3 is 0 Å². The SMILES string of the molecule is Cc1ccc(C(N)C(=O)N(C)CCc2ccccn2)cc1.Cl. The fraction of sp³-hybridized carbons (Fsp3) is 0.294. The zero-order chi connectivity index (χ0) is 15.2. The summed E-state index contributed by atoms with van der Waals surface area (Å²) in [4.78, 5) is 18.2. The van der Waals surface area contributed by atoms with Crippen LogP contribution in [-0.2, 0) is 11.2 Å². The summed E-state index contributed by atoms with van der Waals surface area (Å²) >= 11 is 0. The van der Waals surface area contributed by atoms with E-state index in [1.54, 1.807) is 18.1 Å². The number of rotatable bonds is 5. The number of amides is 1. The molecule has 1 aromatic heterocycles. The number of pyridine rings is 1. The van der Waals surface area contributed by atoms with Crippen molar-refractivity contribution < 1.29 is 4.79 Å². The molecule has 1 amide bonds. The van der Waals surface area contributed by atoms with E-state index < -0.39 is 6.04 Å². The second-order valence-electron chi connectivity index (χ2n) is 5.22. The highest BCUT2D eigenvalue weighted by atomic mass is 35.5. The van der Waals surface area contributed by atoms with Crippen LogP contribution >= 0.6 is 12.4 Å². The maximum atomic E-state index is 12.3. The fourth-order valence-electron chi connectivity index (χ4n) is 2.09. The molecule has 22 heavy (non-hydrogen) atoms. The zero-order valence-corrected chi connectivity index (χ0v) is 13.7. The summed E-state index contributed by atoms with van der Waals surface area (Å²) < 4.78 is 0. The molecule has 0 saturated heterocycles. The van der Waals surface area contributed by atoms with Gasteiger partial charge in [-0.2, -0.15) is 0 Å². The van der Waals surface area contributed by atoms with E-state index in [-0.39, 0.29) is 18.3 Å². The Balaban J connectivity index is 0.00000242. The van der Waals surface area contributed by atoms with Crippen molar-refractivity contribution >= 4 is 18.3 Å². The van der Waals surface area contributed by atoms with E-state index in [4.69, 9.17) is 5.73 Å². The second-order valence-corrected chi connectivity index (χ2v) is 5.22. The normalized spacial score (nSPS) is 11.4. The summed E-state index contributed by atoms with van der Waals surface area (Å²) in [6.45, 7) is 2.62. The van der Waals surface area contributed by atoms with Gasteiger partial charge in [0.05, 0.1) is 0 Å². The van der Waals surface area contributed by atoms with E-state index in [9.17, 15) is 4.79 Å². The van der Waals surface area contributed by atoms with Crippen molar-refractivity contribution in [2.75, 3.05) is 13.6 Å². The lowest BCUT2D eigenvalue weighted by molar-refractivity contribution is -0.131. The van der Waals surface area contributed by atoms with Crippen molar-refractivity contribution in [1.82, 2.24) is 9.88 Å². The molecule has 1 aromatic carbocycles. The number of nitrogens with two attached hydrogens (primary N) is 1. The Bertz CT molecular complexity index is 587. The third-order valence-corrected chi connectivity index (χ3v) is 3.51. The van der Waals surface area contributed by atoms with E-state index in [0.717, 1.165) is 23.2 Å².